The lowest BCUT2D eigenvalue weighted by molar-refractivity contribution is -0.117. The molecule has 0 bridgehead atoms. The number of ketones is 1. The summed E-state index contributed by atoms with van der Waals surface area (Å²) in [6, 6.07) is 8.66. The third kappa shape index (κ3) is 6.50. The first-order chi connectivity index (χ1) is 12.5. The van der Waals surface area contributed by atoms with Gasteiger partial charge in [-0.1, -0.05) is 30.7 Å². The van der Waals surface area contributed by atoms with Crippen LogP contribution in [0.15, 0.2) is 42.6 Å². The van der Waals surface area contributed by atoms with Crippen molar-refractivity contribution in [1.29, 1.82) is 0 Å². The highest BCUT2D eigenvalue weighted by Gasteiger charge is 2.06. The molecule has 1 aromatic heterocycles. The Morgan fingerprint density at radius 3 is 2.77 bits per heavy atom. The second kappa shape index (κ2) is 9.94. The number of ether oxygens (including phenoxy) is 2. The predicted molar refractivity (Wildman–Crippen MR) is 102 cm³/mol. The summed E-state index contributed by atoms with van der Waals surface area (Å²) in [5, 5.41) is 9.16. The molecule has 0 fully saturated rings. The molecule has 6 heteroatoms. The van der Waals surface area contributed by atoms with E-state index in [-0.39, 0.29) is 24.9 Å². The Kier molecular flexibility index (Phi) is 7.63. The summed E-state index contributed by atoms with van der Waals surface area (Å²) >= 11 is 6.18. The predicted octanol–water partition coefficient (Wildman–Crippen LogP) is 4.53. The lowest BCUT2D eigenvalue weighted by Gasteiger charge is -2.09. The number of nitrogens with zero attached hydrogens (tertiary/aromatic N) is 1. The average molecular weight is 376 g/mol. The van der Waals surface area contributed by atoms with Gasteiger partial charge < -0.3 is 19.4 Å². The number of aliphatic hydroxyl groups excluding tert-OH is 1. The first kappa shape index (κ1) is 19.9. The van der Waals surface area contributed by atoms with Gasteiger partial charge in [-0.25, -0.2) is 4.98 Å². The highest BCUT2D eigenvalue weighted by atomic mass is 35.5. The van der Waals surface area contributed by atoms with Crippen LogP contribution in [-0.2, 0) is 4.79 Å². The van der Waals surface area contributed by atoms with Gasteiger partial charge in [0.05, 0.1) is 11.6 Å². The van der Waals surface area contributed by atoms with Crippen LogP contribution in [0, 0.1) is 5.92 Å². The van der Waals surface area contributed by atoms with E-state index in [1.165, 1.54) is 0 Å². The Bertz CT molecular complexity index is 759. The number of halogens is 1. The van der Waals surface area contributed by atoms with Crippen LogP contribution in [0.2, 0.25) is 5.02 Å². The number of aromatic nitrogens is 1. The molecule has 1 N–H and O–H groups in total. The van der Waals surface area contributed by atoms with Crippen LogP contribution in [-0.4, -0.2) is 29.1 Å². The maximum absolute atomic E-state index is 11.1. The van der Waals surface area contributed by atoms with E-state index in [0.717, 1.165) is 5.56 Å². The first-order valence-corrected chi connectivity index (χ1v) is 8.70. The molecule has 0 amide bonds. The van der Waals surface area contributed by atoms with Crippen LogP contribution in [0.3, 0.4) is 0 Å². The Hall–Kier alpha value is -2.37. The highest BCUT2D eigenvalue weighted by molar-refractivity contribution is 6.32. The van der Waals surface area contributed by atoms with E-state index in [1.807, 2.05) is 25.1 Å². The molecule has 0 aliphatic heterocycles. The fourth-order valence-electron chi connectivity index (χ4n) is 2.28. The van der Waals surface area contributed by atoms with Gasteiger partial charge in [-0.3, -0.25) is 0 Å². The lowest BCUT2D eigenvalue weighted by atomic mass is 10.0. The summed E-state index contributed by atoms with van der Waals surface area (Å²) in [6.45, 7) is 3.74. The molecule has 1 atom stereocenters. The smallest absolute Gasteiger partial charge is 0.219 e. The van der Waals surface area contributed by atoms with Gasteiger partial charge in [0, 0.05) is 24.8 Å². The molecule has 138 valence electrons. The minimum Gasteiger partial charge on any atom is -0.491 e. The summed E-state index contributed by atoms with van der Waals surface area (Å²) in [5.74, 6) is 1.81. The van der Waals surface area contributed by atoms with Crippen molar-refractivity contribution in [3.05, 3.63) is 53.2 Å². The van der Waals surface area contributed by atoms with Crippen molar-refractivity contribution in [1.82, 2.24) is 4.98 Å². The summed E-state index contributed by atoms with van der Waals surface area (Å²) in [5.41, 5.74) is 0.923. The standard InChI is InChI=1S/C20H22ClNO4/c1-14(11-15(2)24)3-4-16-5-8-20(22-13-16)26-19-7-6-17(12-18(19)21)25-10-9-23/h3-8,12-14,23H,9-11H2,1-2H3/b4-3+/t14-/m0/s1. The molecule has 26 heavy (non-hydrogen) atoms. The molecule has 0 aliphatic rings. The molecule has 0 aliphatic carbocycles. The van der Waals surface area contributed by atoms with Crippen molar-refractivity contribution in [2.24, 2.45) is 5.92 Å². The third-order valence-corrected chi connectivity index (χ3v) is 3.76. The zero-order valence-electron chi connectivity index (χ0n) is 14.8. The monoisotopic (exact) mass is 375 g/mol. The van der Waals surface area contributed by atoms with Crippen molar-refractivity contribution >= 4 is 23.5 Å². The van der Waals surface area contributed by atoms with Gasteiger partial charge in [-0.15, -0.1) is 0 Å². The van der Waals surface area contributed by atoms with Crippen LogP contribution < -0.4 is 9.47 Å². The van der Waals surface area contributed by atoms with Gasteiger partial charge >= 0.3 is 0 Å². The third-order valence-electron chi connectivity index (χ3n) is 3.46. The van der Waals surface area contributed by atoms with Crippen LogP contribution in [0.5, 0.6) is 17.4 Å². The molecule has 0 unspecified atom stereocenters. The van der Waals surface area contributed by atoms with Gasteiger partial charge in [-0.2, -0.15) is 0 Å². The van der Waals surface area contributed by atoms with Crippen LogP contribution in [0.1, 0.15) is 25.8 Å². The highest BCUT2D eigenvalue weighted by Crippen LogP contribution is 2.31. The molecule has 0 radical (unpaired) electrons. The molecular weight excluding hydrogens is 354 g/mol. The van der Waals surface area contributed by atoms with Gasteiger partial charge in [0.2, 0.25) is 5.88 Å². The number of carbonyl (C=O) groups is 1. The summed E-state index contributed by atoms with van der Waals surface area (Å²) in [4.78, 5) is 15.4. The molecular formula is C20H22ClNO4. The number of carbonyl (C=O) groups excluding carboxylic acids is 1. The number of hydrogen-bond donors (Lipinski definition) is 1. The zero-order valence-corrected chi connectivity index (χ0v) is 15.6. The molecule has 1 aromatic carbocycles. The average Bonchev–Trinajstić information content (AvgIpc) is 2.61. The van der Waals surface area contributed by atoms with E-state index >= 15 is 0 Å². The van der Waals surface area contributed by atoms with Crippen molar-refractivity contribution < 1.29 is 19.4 Å². The summed E-state index contributed by atoms with van der Waals surface area (Å²) in [7, 11) is 0. The van der Waals surface area contributed by atoms with Gasteiger partial charge in [0.1, 0.15) is 23.9 Å². The lowest BCUT2D eigenvalue weighted by Crippen LogP contribution is -2.01. The molecule has 2 rings (SSSR count). The zero-order chi connectivity index (χ0) is 18.9. The number of allylic oxidation sites excluding steroid dienone is 1. The van der Waals surface area contributed by atoms with E-state index in [0.29, 0.717) is 28.8 Å². The molecule has 1 heterocycles. The molecule has 5 nitrogen and oxygen atoms in total. The minimum absolute atomic E-state index is 0.0614. The first-order valence-electron chi connectivity index (χ1n) is 8.32. The van der Waals surface area contributed by atoms with Crippen LogP contribution in [0.4, 0.5) is 0 Å². The van der Waals surface area contributed by atoms with Gasteiger partial charge in [0.25, 0.3) is 0 Å². The number of Topliss-reactive ketones (excluding diaryl/α,β-unsaturated/α-hetero) is 1. The van der Waals surface area contributed by atoms with Crippen molar-refractivity contribution in [2.45, 2.75) is 20.3 Å². The maximum atomic E-state index is 11.1. The van der Waals surface area contributed by atoms with Crippen LogP contribution in [0.25, 0.3) is 6.08 Å². The fourth-order valence-corrected chi connectivity index (χ4v) is 2.49. The summed E-state index contributed by atoms with van der Waals surface area (Å²) in [6.07, 6.45) is 6.15. The second-order valence-corrected chi connectivity index (χ2v) is 6.35. The summed E-state index contributed by atoms with van der Waals surface area (Å²) < 4.78 is 11.0. The van der Waals surface area contributed by atoms with Crippen molar-refractivity contribution in [3.63, 3.8) is 0 Å². The fraction of sp³-hybridized carbons (Fsp3) is 0.300. The van der Waals surface area contributed by atoms with E-state index in [1.54, 1.807) is 37.4 Å². The number of benzene rings is 1. The number of pyridine rings is 1. The van der Waals surface area contributed by atoms with Gasteiger partial charge in [0.15, 0.2) is 0 Å². The quantitative estimate of drug-likeness (QED) is 0.697. The molecule has 0 spiro atoms. The topological polar surface area (TPSA) is 68.7 Å². The Balaban J connectivity index is 1.98. The normalized spacial score (nSPS) is 12.2. The number of rotatable bonds is 9. The molecule has 2 aromatic rings. The SMILES string of the molecule is CC(=O)C[C@@H](C)/C=C/c1ccc(Oc2ccc(OCCO)cc2Cl)nc1. The number of aliphatic hydroxyl groups is 1. The molecule has 0 saturated carbocycles. The van der Waals surface area contributed by atoms with E-state index in [4.69, 9.17) is 26.2 Å². The Morgan fingerprint density at radius 2 is 2.15 bits per heavy atom. The van der Waals surface area contributed by atoms with Crippen molar-refractivity contribution in [3.8, 4) is 17.4 Å². The molecule has 0 saturated heterocycles. The van der Waals surface area contributed by atoms with E-state index < -0.39 is 0 Å². The van der Waals surface area contributed by atoms with Gasteiger partial charge in [-0.05, 0) is 36.6 Å². The number of hydrogen-bond acceptors (Lipinski definition) is 5. The van der Waals surface area contributed by atoms with E-state index in [9.17, 15) is 4.79 Å². The minimum atomic E-state index is -0.0614. The Morgan fingerprint density at radius 1 is 1.35 bits per heavy atom. The Labute approximate surface area is 158 Å². The maximum Gasteiger partial charge on any atom is 0.219 e. The largest absolute Gasteiger partial charge is 0.491 e. The van der Waals surface area contributed by atoms with Crippen molar-refractivity contribution in [2.75, 3.05) is 13.2 Å². The van der Waals surface area contributed by atoms with E-state index in [2.05, 4.69) is 4.98 Å². The second-order valence-electron chi connectivity index (χ2n) is 5.94. The van der Waals surface area contributed by atoms with Crippen LogP contribution >= 0.6 is 11.6 Å².